The van der Waals surface area contributed by atoms with Crippen LogP contribution in [0.25, 0.3) is 0 Å². The third-order valence-corrected chi connectivity index (χ3v) is 4.06. The number of Topliss-reactive ketones (excluding diaryl/α,β-unsaturated/α-hetero) is 1. The lowest BCUT2D eigenvalue weighted by molar-refractivity contribution is -0.130. The van der Waals surface area contributed by atoms with Gasteiger partial charge in [-0.1, -0.05) is 37.8 Å². The highest BCUT2D eigenvalue weighted by atomic mass is 35.5. The van der Waals surface area contributed by atoms with Crippen LogP contribution in [0.3, 0.4) is 0 Å². The molecule has 0 saturated heterocycles. The maximum atomic E-state index is 12.5. The molecule has 1 amide bonds. The van der Waals surface area contributed by atoms with E-state index in [1.807, 2.05) is 0 Å². The standard InChI is InChI=1S/C17H21ClN2O2/c1-3-4-5-6-11-20-17(22)15(12(2)19-20)16(21)13-7-9-14(18)10-8-13/h7-10,15H,3-6,11H2,1-2H3/t15-/m1/s1. The number of carbonyl (C=O) groups excluding carboxylic acids is 2. The fourth-order valence-electron chi connectivity index (χ4n) is 2.56. The van der Waals surface area contributed by atoms with E-state index in [9.17, 15) is 9.59 Å². The van der Waals surface area contributed by atoms with Crippen molar-refractivity contribution in [3.8, 4) is 0 Å². The second-order valence-corrected chi connectivity index (χ2v) is 6.00. The number of unbranched alkanes of at least 4 members (excludes halogenated alkanes) is 3. The van der Waals surface area contributed by atoms with E-state index in [2.05, 4.69) is 12.0 Å². The highest BCUT2D eigenvalue weighted by molar-refractivity contribution is 6.31. The molecule has 1 aliphatic rings. The van der Waals surface area contributed by atoms with Gasteiger partial charge < -0.3 is 0 Å². The number of rotatable bonds is 7. The third kappa shape index (κ3) is 3.74. The first-order valence-corrected chi connectivity index (χ1v) is 8.08. The van der Waals surface area contributed by atoms with Crippen molar-refractivity contribution in [3.63, 3.8) is 0 Å². The number of hydrazone groups is 1. The summed E-state index contributed by atoms with van der Waals surface area (Å²) in [6, 6.07) is 6.61. The monoisotopic (exact) mass is 320 g/mol. The van der Waals surface area contributed by atoms with Crippen molar-refractivity contribution in [2.24, 2.45) is 11.0 Å². The van der Waals surface area contributed by atoms with Gasteiger partial charge in [-0.2, -0.15) is 5.10 Å². The normalized spacial score (nSPS) is 17.8. The van der Waals surface area contributed by atoms with Crippen LogP contribution in [0.2, 0.25) is 5.02 Å². The Balaban J connectivity index is 2.03. The Hall–Kier alpha value is -1.68. The molecule has 1 atom stereocenters. The summed E-state index contributed by atoms with van der Waals surface area (Å²) in [5, 5.41) is 6.28. The van der Waals surface area contributed by atoms with Crippen LogP contribution < -0.4 is 0 Å². The van der Waals surface area contributed by atoms with E-state index in [1.165, 1.54) is 5.01 Å². The Morgan fingerprint density at radius 1 is 1.23 bits per heavy atom. The van der Waals surface area contributed by atoms with Gasteiger partial charge in [0.05, 0.1) is 5.71 Å². The van der Waals surface area contributed by atoms with E-state index in [0.29, 0.717) is 22.8 Å². The van der Waals surface area contributed by atoms with Crippen molar-refractivity contribution in [2.45, 2.75) is 39.5 Å². The van der Waals surface area contributed by atoms with E-state index in [4.69, 9.17) is 11.6 Å². The van der Waals surface area contributed by atoms with Gasteiger partial charge >= 0.3 is 0 Å². The third-order valence-electron chi connectivity index (χ3n) is 3.81. The zero-order chi connectivity index (χ0) is 16.1. The molecule has 2 rings (SSSR count). The van der Waals surface area contributed by atoms with Crippen LogP contribution in [-0.4, -0.2) is 29.0 Å². The maximum absolute atomic E-state index is 12.5. The number of hydrogen-bond acceptors (Lipinski definition) is 3. The summed E-state index contributed by atoms with van der Waals surface area (Å²) < 4.78 is 0. The van der Waals surface area contributed by atoms with Gasteiger partial charge in [-0.15, -0.1) is 0 Å². The molecule has 118 valence electrons. The lowest BCUT2D eigenvalue weighted by atomic mass is 9.94. The predicted octanol–water partition coefficient (Wildman–Crippen LogP) is 3.94. The van der Waals surface area contributed by atoms with Gasteiger partial charge in [0.2, 0.25) is 0 Å². The Morgan fingerprint density at radius 3 is 2.55 bits per heavy atom. The van der Waals surface area contributed by atoms with Crippen molar-refractivity contribution < 1.29 is 9.59 Å². The number of ketones is 1. The van der Waals surface area contributed by atoms with Crippen molar-refractivity contribution in [2.75, 3.05) is 6.54 Å². The number of amides is 1. The molecular formula is C17H21ClN2O2. The number of nitrogens with zero attached hydrogens (tertiary/aromatic N) is 2. The topological polar surface area (TPSA) is 49.7 Å². The molecule has 0 radical (unpaired) electrons. The number of halogens is 1. The Bertz CT molecular complexity index is 581. The number of hydrogen-bond donors (Lipinski definition) is 0. The minimum Gasteiger partial charge on any atom is -0.293 e. The summed E-state index contributed by atoms with van der Waals surface area (Å²) in [6.45, 7) is 4.47. The largest absolute Gasteiger partial charge is 0.293 e. The molecule has 0 spiro atoms. The van der Waals surface area contributed by atoms with Crippen LogP contribution in [0, 0.1) is 5.92 Å². The molecule has 0 aliphatic carbocycles. The fraction of sp³-hybridized carbons (Fsp3) is 0.471. The first kappa shape index (κ1) is 16.7. The second-order valence-electron chi connectivity index (χ2n) is 5.57. The summed E-state index contributed by atoms with van der Waals surface area (Å²) >= 11 is 5.83. The smallest absolute Gasteiger partial charge is 0.259 e. The van der Waals surface area contributed by atoms with Crippen molar-refractivity contribution >= 4 is 29.0 Å². The van der Waals surface area contributed by atoms with Gasteiger partial charge in [-0.3, -0.25) is 9.59 Å². The molecule has 0 bridgehead atoms. The average molecular weight is 321 g/mol. The highest BCUT2D eigenvalue weighted by Crippen LogP contribution is 2.22. The van der Waals surface area contributed by atoms with E-state index >= 15 is 0 Å². The summed E-state index contributed by atoms with van der Waals surface area (Å²) in [5.74, 6) is -1.21. The molecule has 0 unspecified atom stereocenters. The lowest BCUT2D eigenvalue weighted by Crippen LogP contribution is -2.33. The predicted molar refractivity (Wildman–Crippen MR) is 88.2 cm³/mol. The summed E-state index contributed by atoms with van der Waals surface area (Å²) in [7, 11) is 0. The minimum atomic E-state index is -0.785. The molecule has 1 aliphatic heterocycles. The molecule has 22 heavy (non-hydrogen) atoms. The Labute approximate surface area is 136 Å². The SMILES string of the molecule is CCCCCCN1N=C(C)[C@H](C(=O)c2ccc(Cl)cc2)C1=O. The van der Waals surface area contributed by atoms with E-state index < -0.39 is 5.92 Å². The molecular weight excluding hydrogens is 300 g/mol. The first-order valence-electron chi connectivity index (χ1n) is 7.71. The van der Waals surface area contributed by atoms with Gasteiger partial charge in [0.1, 0.15) is 5.92 Å². The lowest BCUT2D eigenvalue weighted by Gasteiger charge is -2.13. The quantitative estimate of drug-likeness (QED) is 0.434. The molecule has 5 heteroatoms. The highest BCUT2D eigenvalue weighted by Gasteiger charge is 2.38. The molecule has 0 N–H and O–H groups in total. The van der Waals surface area contributed by atoms with E-state index in [1.54, 1.807) is 31.2 Å². The van der Waals surface area contributed by atoms with Crippen molar-refractivity contribution in [1.29, 1.82) is 0 Å². The van der Waals surface area contributed by atoms with Gasteiger partial charge in [-0.25, -0.2) is 5.01 Å². The first-order chi connectivity index (χ1) is 10.5. The molecule has 0 fully saturated rings. The molecule has 0 saturated carbocycles. The minimum absolute atomic E-state index is 0.209. The van der Waals surface area contributed by atoms with Crippen LogP contribution >= 0.6 is 11.6 Å². The number of benzene rings is 1. The second kappa shape index (κ2) is 7.54. The van der Waals surface area contributed by atoms with Crippen LogP contribution in [0.4, 0.5) is 0 Å². The van der Waals surface area contributed by atoms with Crippen LogP contribution in [0.15, 0.2) is 29.4 Å². The molecule has 4 nitrogen and oxygen atoms in total. The molecule has 0 aromatic heterocycles. The molecule has 1 heterocycles. The summed E-state index contributed by atoms with van der Waals surface area (Å²) in [5.41, 5.74) is 1.06. The van der Waals surface area contributed by atoms with E-state index in [-0.39, 0.29) is 11.7 Å². The van der Waals surface area contributed by atoms with Crippen LogP contribution in [0.5, 0.6) is 0 Å². The fourth-order valence-corrected chi connectivity index (χ4v) is 2.68. The molecule has 1 aromatic rings. The van der Waals surface area contributed by atoms with Gasteiger partial charge in [0.25, 0.3) is 5.91 Å². The van der Waals surface area contributed by atoms with E-state index in [0.717, 1.165) is 25.7 Å². The zero-order valence-corrected chi connectivity index (χ0v) is 13.8. The Morgan fingerprint density at radius 2 is 1.91 bits per heavy atom. The van der Waals surface area contributed by atoms with Gasteiger partial charge in [0.15, 0.2) is 5.78 Å². The van der Waals surface area contributed by atoms with Crippen LogP contribution in [-0.2, 0) is 4.79 Å². The average Bonchev–Trinajstić information content (AvgIpc) is 2.78. The number of carbonyl (C=O) groups is 2. The maximum Gasteiger partial charge on any atom is 0.259 e. The molecule has 1 aromatic carbocycles. The van der Waals surface area contributed by atoms with Crippen LogP contribution in [0.1, 0.15) is 49.9 Å². The van der Waals surface area contributed by atoms with Gasteiger partial charge in [-0.05, 0) is 37.6 Å². The Kier molecular flexibility index (Phi) is 5.72. The summed E-state index contributed by atoms with van der Waals surface area (Å²) in [4.78, 5) is 25.0. The summed E-state index contributed by atoms with van der Waals surface area (Å²) in [6.07, 6.45) is 4.29. The van der Waals surface area contributed by atoms with Crippen molar-refractivity contribution in [1.82, 2.24) is 5.01 Å². The van der Waals surface area contributed by atoms with Crippen molar-refractivity contribution in [3.05, 3.63) is 34.9 Å². The van der Waals surface area contributed by atoms with Gasteiger partial charge in [0, 0.05) is 17.1 Å². The zero-order valence-electron chi connectivity index (χ0n) is 13.0.